The van der Waals surface area contributed by atoms with Crippen molar-refractivity contribution >= 4 is 17.4 Å². The van der Waals surface area contributed by atoms with Gasteiger partial charge < -0.3 is 5.11 Å². The molecule has 4 rings (SSSR count). The van der Waals surface area contributed by atoms with Gasteiger partial charge in [-0.05, 0) is 80.6 Å². The Hall–Kier alpha value is -3.50. The van der Waals surface area contributed by atoms with Crippen LogP contribution >= 0.6 is 11.6 Å². The number of nitrogens with zero attached hydrogens (tertiary/aromatic N) is 2. The molecule has 1 fully saturated rings. The number of hydrogen-bond donors (Lipinski definition) is 1. The van der Waals surface area contributed by atoms with Crippen LogP contribution in [0.1, 0.15) is 81.3 Å². The molecule has 0 aromatic heterocycles. The summed E-state index contributed by atoms with van der Waals surface area (Å²) < 4.78 is 0. The van der Waals surface area contributed by atoms with Gasteiger partial charge in [0.2, 0.25) is 0 Å². The predicted octanol–water partition coefficient (Wildman–Crippen LogP) is 10.2. The monoisotopic (exact) mass is 572 g/mol. The number of benzene rings is 3. The second kappa shape index (κ2) is 22.2. The van der Waals surface area contributed by atoms with Gasteiger partial charge in [-0.25, -0.2) is 0 Å². The van der Waals surface area contributed by atoms with Crippen molar-refractivity contribution in [3.63, 3.8) is 0 Å². The Morgan fingerprint density at radius 3 is 2.12 bits per heavy atom. The Labute approximate surface area is 255 Å². The minimum Gasteiger partial charge on any atom is -0.508 e. The second-order valence-corrected chi connectivity index (χ2v) is 9.50. The first-order valence-corrected chi connectivity index (χ1v) is 15.0. The summed E-state index contributed by atoms with van der Waals surface area (Å²) in [5.74, 6) is 3.55. The van der Waals surface area contributed by atoms with E-state index in [1.807, 2.05) is 71.9 Å². The smallest absolute Gasteiger partial charge is 0.118 e. The summed E-state index contributed by atoms with van der Waals surface area (Å²) in [5.41, 5.74) is 6.55. The number of likely N-dealkylation sites (tertiary alicyclic amines) is 1. The molecular formula is C37H49ClN2O. The molecule has 1 saturated heterocycles. The average molecular weight is 573 g/mol. The number of aliphatic hydroxyl groups excluding tert-OH is 1. The maximum absolute atomic E-state index is 9.89. The highest BCUT2D eigenvalue weighted by Crippen LogP contribution is 2.22. The van der Waals surface area contributed by atoms with Crippen molar-refractivity contribution in [1.29, 1.82) is 5.26 Å². The highest BCUT2D eigenvalue weighted by atomic mass is 35.5. The van der Waals surface area contributed by atoms with Crippen molar-refractivity contribution in [2.24, 2.45) is 5.92 Å². The molecule has 0 saturated carbocycles. The lowest BCUT2D eigenvalue weighted by Crippen LogP contribution is -2.20. The maximum Gasteiger partial charge on any atom is 0.118 e. The zero-order chi connectivity index (χ0) is 31.2. The van der Waals surface area contributed by atoms with E-state index in [0.717, 1.165) is 49.2 Å². The van der Waals surface area contributed by atoms with Crippen LogP contribution in [-0.4, -0.2) is 23.1 Å². The zero-order valence-corrected chi connectivity index (χ0v) is 27.1. The van der Waals surface area contributed by atoms with Gasteiger partial charge in [0.1, 0.15) is 11.8 Å². The van der Waals surface area contributed by atoms with Gasteiger partial charge in [0.15, 0.2) is 0 Å². The van der Waals surface area contributed by atoms with E-state index in [9.17, 15) is 5.11 Å². The van der Waals surface area contributed by atoms with E-state index in [1.54, 1.807) is 18.2 Å². The Kier molecular flexibility index (Phi) is 20.3. The van der Waals surface area contributed by atoms with Gasteiger partial charge in [-0.15, -0.1) is 12.3 Å². The van der Waals surface area contributed by atoms with E-state index in [1.165, 1.54) is 11.1 Å². The molecule has 220 valence electrons. The molecule has 1 aliphatic heterocycles. The number of halogens is 1. The molecule has 41 heavy (non-hydrogen) atoms. The van der Waals surface area contributed by atoms with Gasteiger partial charge >= 0.3 is 0 Å². The fraction of sp³-hybridized carbons (Fsp3) is 0.378. The van der Waals surface area contributed by atoms with E-state index in [2.05, 4.69) is 55.0 Å². The van der Waals surface area contributed by atoms with E-state index >= 15 is 0 Å². The predicted molar refractivity (Wildman–Crippen MR) is 179 cm³/mol. The van der Waals surface area contributed by atoms with Crippen LogP contribution in [-0.2, 0) is 13.0 Å². The summed E-state index contributed by atoms with van der Waals surface area (Å²) in [6, 6.07) is 23.8. The SMILES string of the molecule is C#CC1CCN(Cc2ccccc2C(O)=CC)C1.CC.CC.CCc1ccccc1C.Cc1ccc(C#N)c(Cl)c1. The molecule has 1 aliphatic rings. The first-order chi connectivity index (χ1) is 19.8. The third kappa shape index (κ3) is 13.6. The molecule has 1 atom stereocenters. The fourth-order valence-corrected chi connectivity index (χ4v) is 4.41. The van der Waals surface area contributed by atoms with Crippen LogP contribution in [0.15, 0.2) is 72.8 Å². The molecule has 1 unspecified atom stereocenters. The first kappa shape index (κ1) is 37.5. The van der Waals surface area contributed by atoms with Crippen molar-refractivity contribution < 1.29 is 5.11 Å². The minimum absolute atomic E-state index is 0.346. The van der Waals surface area contributed by atoms with Crippen LogP contribution in [0.4, 0.5) is 0 Å². The summed E-state index contributed by atoms with van der Waals surface area (Å²) in [6.07, 6.45) is 9.42. The van der Waals surface area contributed by atoms with Crippen molar-refractivity contribution in [3.05, 3.63) is 111 Å². The molecule has 3 aromatic rings. The van der Waals surface area contributed by atoms with Crippen molar-refractivity contribution in [1.82, 2.24) is 4.90 Å². The largest absolute Gasteiger partial charge is 0.508 e. The number of aliphatic hydroxyl groups is 1. The highest BCUT2D eigenvalue weighted by molar-refractivity contribution is 6.31. The molecule has 4 heteroatoms. The summed E-state index contributed by atoms with van der Waals surface area (Å²) in [6.45, 7) is 19.0. The van der Waals surface area contributed by atoms with Crippen molar-refractivity contribution in [2.75, 3.05) is 13.1 Å². The molecule has 1 N–H and O–H groups in total. The summed E-state index contributed by atoms with van der Waals surface area (Å²) in [5, 5.41) is 18.9. The van der Waals surface area contributed by atoms with E-state index < -0.39 is 0 Å². The van der Waals surface area contributed by atoms with E-state index in [4.69, 9.17) is 23.3 Å². The van der Waals surface area contributed by atoms with Crippen molar-refractivity contribution in [3.8, 4) is 18.4 Å². The number of nitriles is 1. The maximum atomic E-state index is 9.89. The van der Waals surface area contributed by atoms with Crippen LogP contribution in [0.5, 0.6) is 0 Å². The van der Waals surface area contributed by atoms with Gasteiger partial charge in [-0.3, -0.25) is 4.90 Å². The van der Waals surface area contributed by atoms with Gasteiger partial charge in [0.25, 0.3) is 0 Å². The normalized spacial score (nSPS) is 13.7. The van der Waals surface area contributed by atoms with Crippen molar-refractivity contribution in [2.45, 2.75) is 74.8 Å². The number of hydrogen-bond acceptors (Lipinski definition) is 3. The third-order valence-corrected chi connectivity index (χ3v) is 6.67. The third-order valence-electron chi connectivity index (χ3n) is 6.36. The average Bonchev–Trinajstić information content (AvgIpc) is 3.47. The van der Waals surface area contributed by atoms with Gasteiger partial charge in [0, 0.05) is 24.6 Å². The van der Waals surface area contributed by atoms with Crippen LogP contribution in [0.25, 0.3) is 5.76 Å². The Morgan fingerprint density at radius 2 is 1.63 bits per heavy atom. The first-order valence-electron chi connectivity index (χ1n) is 14.7. The lowest BCUT2D eigenvalue weighted by Gasteiger charge is -2.17. The summed E-state index contributed by atoms with van der Waals surface area (Å²) in [4.78, 5) is 2.35. The molecule has 3 aromatic carbocycles. The molecule has 1 heterocycles. The Bertz CT molecular complexity index is 1270. The topological polar surface area (TPSA) is 47.3 Å². The number of rotatable bonds is 4. The molecule has 0 aliphatic carbocycles. The summed E-state index contributed by atoms with van der Waals surface area (Å²) in [7, 11) is 0. The van der Waals surface area contributed by atoms with Gasteiger partial charge in [-0.2, -0.15) is 5.26 Å². The van der Waals surface area contributed by atoms with Crippen LogP contribution in [0, 0.1) is 43.4 Å². The lowest BCUT2D eigenvalue weighted by atomic mass is 10.1. The standard InChI is InChI=1S/C16H19NO.C9H12.C8H6ClN.2C2H6/c1-3-13-9-10-17(11-13)12-14-7-5-6-8-15(14)16(18)4-2;1-3-9-7-5-4-6-8(9)2;1-6-2-3-7(5-10)8(9)4-6;2*1-2/h1,4-8,13,18H,9-12H2,2H3;4-7H,3H2,1-2H3;2-4H,1H3;2*1-2H3. The van der Waals surface area contributed by atoms with E-state index in [-0.39, 0.29) is 0 Å². The number of aryl methyl sites for hydroxylation is 3. The van der Waals surface area contributed by atoms with E-state index in [0.29, 0.717) is 22.3 Å². The minimum atomic E-state index is 0.346. The lowest BCUT2D eigenvalue weighted by molar-refractivity contribution is 0.324. The molecule has 0 radical (unpaired) electrons. The Balaban J connectivity index is 0.000000592. The number of terminal acetylenes is 1. The zero-order valence-electron chi connectivity index (χ0n) is 26.3. The quantitative estimate of drug-likeness (QED) is 0.250. The van der Waals surface area contributed by atoms with Gasteiger partial charge in [-0.1, -0.05) is 101 Å². The van der Waals surface area contributed by atoms with Gasteiger partial charge in [0.05, 0.1) is 10.6 Å². The van der Waals surface area contributed by atoms with Crippen LogP contribution in [0.3, 0.4) is 0 Å². The fourth-order valence-electron chi connectivity index (χ4n) is 4.13. The molecule has 3 nitrogen and oxygen atoms in total. The highest BCUT2D eigenvalue weighted by Gasteiger charge is 2.21. The second-order valence-electron chi connectivity index (χ2n) is 9.09. The summed E-state index contributed by atoms with van der Waals surface area (Å²) >= 11 is 5.71. The van der Waals surface area contributed by atoms with Crippen LogP contribution in [0.2, 0.25) is 5.02 Å². The van der Waals surface area contributed by atoms with Crippen LogP contribution < -0.4 is 0 Å². The Morgan fingerprint density at radius 1 is 1.02 bits per heavy atom. The molecular weight excluding hydrogens is 524 g/mol. The molecule has 0 bridgehead atoms. The molecule has 0 spiro atoms. The molecule has 0 amide bonds. The number of allylic oxidation sites excluding steroid dienone is 1.